The Labute approximate surface area is 188 Å². The van der Waals surface area contributed by atoms with Crippen molar-refractivity contribution in [1.82, 2.24) is 5.32 Å². The highest BCUT2D eigenvalue weighted by atomic mass is 16.6. The molecule has 0 aliphatic rings. The van der Waals surface area contributed by atoms with Crippen molar-refractivity contribution in [2.75, 3.05) is 12.4 Å². The minimum Gasteiger partial charge on any atom is -0.497 e. The first-order chi connectivity index (χ1) is 15.2. The van der Waals surface area contributed by atoms with E-state index in [1.807, 2.05) is 30.3 Å². The molecular weight excluding hydrogens is 412 g/mol. The molecule has 0 radical (unpaired) electrons. The molecule has 2 N–H and O–H groups in total. The number of hydrogen-bond donors (Lipinski definition) is 2. The van der Waals surface area contributed by atoms with E-state index in [-0.39, 0.29) is 19.4 Å². The fourth-order valence-corrected chi connectivity index (χ4v) is 2.76. The number of anilines is 1. The van der Waals surface area contributed by atoms with Crippen LogP contribution in [-0.2, 0) is 25.7 Å². The van der Waals surface area contributed by atoms with Gasteiger partial charge in [0.05, 0.1) is 7.11 Å². The zero-order chi connectivity index (χ0) is 23.6. The van der Waals surface area contributed by atoms with Crippen LogP contribution < -0.4 is 15.4 Å². The van der Waals surface area contributed by atoms with E-state index in [1.165, 1.54) is 7.11 Å². The van der Waals surface area contributed by atoms with Crippen LogP contribution in [0.25, 0.3) is 0 Å². The van der Waals surface area contributed by atoms with Gasteiger partial charge >= 0.3 is 12.1 Å². The topological polar surface area (TPSA) is 103 Å². The first-order valence-corrected chi connectivity index (χ1v) is 10.3. The summed E-state index contributed by atoms with van der Waals surface area (Å²) < 4.78 is 15.7. The highest BCUT2D eigenvalue weighted by Gasteiger charge is 2.25. The Hall–Kier alpha value is -3.55. The predicted octanol–water partition coefficient (Wildman–Crippen LogP) is 4.05. The van der Waals surface area contributed by atoms with Gasteiger partial charge in [-0.15, -0.1) is 0 Å². The molecule has 172 valence electrons. The summed E-state index contributed by atoms with van der Waals surface area (Å²) in [6.07, 6.45) is -0.763. The molecule has 8 heteroatoms. The molecule has 1 atom stereocenters. The average molecular weight is 443 g/mol. The summed E-state index contributed by atoms with van der Waals surface area (Å²) >= 11 is 0. The van der Waals surface area contributed by atoms with Crippen LogP contribution in [-0.4, -0.2) is 36.7 Å². The van der Waals surface area contributed by atoms with Crippen molar-refractivity contribution in [3.8, 4) is 5.75 Å². The van der Waals surface area contributed by atoms with Gasteiger partial charge in [-0.05, 0) is 44.9 Å². The van der Waals surface area contributed by atoms with Crippen LogP contribution in [0.4, 0.5) is 10.5 Å². The van der Waals surface area contributed by atoms with Crippen molar-refractivity contribution < 1.29 is 28.6 Å². The van der Waals surface area contributed by atoms with Gasteiger partial charge in [0.25, 0.3) is 0 Å². The van der Waals surface area contributed by atoms with Crippen molar-refractivity contribution in [3.05, 3.63) is 60.2 Å². The summed E-state index contributed by atoms with van der Waals surface area (Å²) in [5.41, 5.74) is 0.669. The lowest BCUT2D eigenvalue weighted by Gasteiger charge is -2.21. The number of carbonyl (C=O) groups is 3. The number of carbonyl (C=O) groups excluding carboxylic acids is 3. The van der Waals surface area contributed by atoms with E-state index in [0.717, 1.165) is 5.56 Å². The summed E-state index contributed by atoms with van der Waals surface area (Å²) in [5, 5.41) is 5.27. The fourth-order valence-electron chi connectivity index (χ4n) is 2.76. The van der Waals surface area contributed by atoms with Crippen molar-refractivity contribution in [1.29, 1.82) is 0 Å². The van der Waals surface area contributed by atoms with Crippen LogP contribution in [0.1, 0.15) is 39.2 Å². The summed E-state index contributed by atoms with van der Waals surface area (Å²) in [6.45, 7) is 5.34. The normalized spacial score (nSPS) is 11.8. The maximum Gasteiger partial charge on any atom is 0.408 e. The second kappa shape index (κ2) is 11.7. The zero-order valence-corrected chi connectivity index (χ0v) is 18.8. The predicted molar refractivity (Wildman–Crippen MR) is 120 cm³/mol. The third-order valence-corrected chi connectivity index (χ3v) is 4.22. The standard InChI is InChI=1S/C24H30N2O6/c1-24(2,3)32-21(27)14-13-20(22(28)25-18-11-8-12-19(15-18)30-4)26-23(29)31-16-17-9-6-5-7-10-17/h5-12,15,20H,13-14,16H2,1-4H3,(H,25,28)(H,26,29)/t20-/m1/s1. The van der Waals surface area contributed by atoms with Gasteiger partial charge in [0.15, 0.2) is 0 Å². The molecule has 0 bridgehead atoms. The molecule has 0 aliphatic heterocycles. The Morgan fingerprint density at radius 1 is 1.00 bits per heavy atom. The van der Waals surface area contributed by atoms with E-state index in [1.54, 1.807) is 45.0 Å². The molecule has 2 aromatic carbocycles. The molecule has 2 amide bonds. The van der Waals surface area contributed by atoms with Gasteiger partial charge in [-0.25, -0.2) is 4.79 Å². The highest BCUT2D eigenvalue weighted by Crippen LogP contribution is 2.17. The van der Waals surface area contributed by atoms with E-state index in [9.17, 15) is 14.4 Å². The smallest absolute Gasteiger partial charge is 0.408 e. The molecule has 32 heavy (non-hydrogen) atoms. The monoisotopic (exact) mass is 442 g/mol. The number of alkyl carbamates (subject to hydrolysis) is 1. The number of amides is 2. The quantitative estimate of drug-likeness (QED) is 0.568. The lowest BCUT2D eigenvalue weighted by atomic mass is 10.1. The van der Waals surface area contributed by atoms with E-state index < -0.39 is 29.6 Å². The SMILES string of the molecule is COc1cccc(NC(=O)[C@@H](CCC(=O)OC(C)(C)C)NC(=O)OCc2ccccc2)c1. The average Bonchev–Trinajstić information content (AvgIpc) is 2.74. The second-order valence-electron chi connectivity index (χ2n) is 8.10. The van der Waals surface area contributed by atoms with Gasteiger partial charge in [0, 0.05) is 18.2 Å². The van der Waals surface area contributed by atoms with Crippen molar-refractivity contribution >= 4 is 23.7 Å². The maximum absolute atomic E-state index is 12.8. The fraction of sp³-hybridized carbons (Fsp3) is 0.375. The van der Waals surface area contributed by atoms with Gasteiger partial charge in [-0.3, -0.25) is 9.59 Å². The lowest BCUT2D eigenvalue weighted by molar-refractivity contribution is -0.155. The molecule has 0 spiro atoms. The summed E-state index contributed by atoms with van der Waals surface area (Å²) in [5.74, 6) is -0.377. The van der Waals surface area contributed by atoms with Gasteiger partial charge in [-0.1, -0.05) is 36.4 Å². The molecule has 8 nitrogen and oxygen atoms in total. The zero-order valence-electron chi connectivity index (χ0n) is 18.8. The summed E-state index contributed by atoms with van der Waals surface area (Å²) in [7, 11) is 1.52. The third-order valence-electron chi connectivity index (χ3n) is 4.22. The molecule has 2 aromatic rings. The van der Waals surface area contributed by atoms with E-state index in [0.29, 0.717) is 11.4 Å². The minimum absolute atomic E-state index is 0.0468. The van der Waals surface area contributed by atoms with Gasteiger partial charge in [-0.2, -0.15) is 0 Å². The Balaban J connectivity index is 2.02. The Bertz CT molecular complexity index is 908. The Kier molecular flexibility index (Phi) is 9.07. The number of hydrogen-bond acceptors (Lipinski definition) is 6. The van der Waals surface area contributed by atoms with Crippen molar-refractivity contribution in [3.63, 3.8) is 0 Å². The van der Waals surface area contributed by atoms with Crippen LogP contribution >= 0.6 is 0 Å². The third kappa shape index (κ3) is 9.07. The van der Waals surface area contributed by atoms with Crippen molar-refractivity contribution in [2.45, 2.75) is 51.9 Å². The highest BCUT2D eigenvalue weighted by molar-refractivity contribution is 5.96. The molecule has 0 unspecified atom stereocenters. The number of rotatable bonds is 9. The largest absolute Gasteiger partial charge is 0.497 e. The van der Waals surface area contributed by atoms with Crippen molar-refractivity contribution in [2.24, 2.45) is 0 Å². The first-order valence-electron chi connectivity index (χ1n) is 10.3. The molecule has 0 saturated heterocycles. The van der Waals surface area contributed by atoms with Gasteiger partial charge in [0.2, 0.25) is 5.91 Å². The summed E-state index contributed by atoms with van der Waals surface area (Å²) in [6, 6.07) is 15.0. The first kappa shape index (κ1) is 24.7. The molecule has 0 saturated carbocycles. The molecular formula is C24H30N2O6. The number of benzene rings is 2. The molecule has 0 aromatic heterocycles. The van der Waals surface area contributed by atoms with E-state index in [4.69, 9.17) is 14.2 Å². The van der Waals surface area contributed by atoms with Gasteiger partial charge in [0.1, 0.15) is 24.0 Å². The van der Waals surface area contributed by atoms with Crippen LogP contribution in [0.2, 0.25) is 0 Å². The molecule has 0 fully saturated rings. The molecule has 0 aliphatic carbocycles. The van der Waals surface area contributed by atoms with Crippen LogP contribution in [0.3, 0.4) is 0 Å². The summed E-state index contributed by atoms with van der Waals surface area (Å²) in [4.78, 5) is 37.3. The Morgan fingerprint density at radius 3 is 2.38 bits per heavy atom. The molecule has 2 rings (SSSR count). The molecule has 0 heterocycles. The van der Waals surface area contributed by atoms with Crippen LogP contribution in [0.5, 0.6) is 5.75 Å². The lowest BCUT2D eigenvalue weighted by Crippen LogP contribution is -2.44. The minimum atomic E-state index is -1.00. The second-order valence-corrected chi connectivity index (χ2v) is 8.10. The number of ether oxygens (including phenoxy) is 3. The Morgan fingerprint density at radius 2 is 1.72 bits per heavy atom. The van der Waals surface area contributed by atoms with Crippen LogP contribution in [0, 0.1) is 0 Å². The number of methoxy groups -OCH3 is 1. The van der Waals surface area contributed by atoms with E-state index >= 15 is 0 Å². The van der Waals surface area contributed by atoms with Crippen LogP contribution in [0.15, 0.2) is 54.6 Å². The maximum atomic E-state index is 12.8. The van der Waals surface area contributed by atoms with E-state index in [2.05, 4.69) is 10.6 Å². The number of nitrogens with one attached hydrogen (secondary N) is 2. The number of esters is 1. The van der Waals surface area contributed by atoms with Gasteiger partial charge < -0.3 is 24.8 Å².